The molecule has 15 heavy (non-hydrogen) atoms. The molecule has 0 aromatic heterocycles. The summed E-state index contributed by atoms with van der Waals surface area (Å²) < 4.78 is 5.52. The van der Waals surface area contributed by atoms with E-state index >= 15 is 0 Å². The highest BCUT2D eigenvalue weighted by molar-refractivity contribution is 6.03. The highest BCUT2D eigenvalue weighted by Gasteiger charge is 2.32. The monoisotopic (exact) mass is 210 g/mol. The summed E-state index contributed by atoms with van der Waals surface area (Å²) in [5, 5.41) is 0. The predicted molar refractivity (Wildman–Crippen MR) is 57.3 cm³/mol. The summed E-state index contributed by atoms with van der Waals surface area (Å²) in [7, 11) is 0. The first-order valence-corrected chi connectivity index (χ1v) is 5.33. The fraction of sp³-hybridized carbons (Fsp3) is 0.667. The predicted octanol–water partition coefficient (Wildman–Crippen LogP) is 2.25. The lowest BCUT2D eigenvalue weighted by molar-refractivity contribution is -0.131. The van der Waals surface area contributed by atoms with Gasteiger partial charge in [0.05, 0.1) is 0 Å². The van der Waals surface area contributed by atoms with Crippen molar-refractivity contribution in [3.8, 4) is 0 Å². The van der Waals surface area contributed by atoms with E-state index in [0.29, 0.717) is 6.42 Å². The van der Waals surface area contributed by atoms with Crippen LogP contribution in [0.5, 0.6) is 0 Å². The van der Waals surface area contributed by atoms with Gasteiger partial charge in [-0.2, -0.15) is 0 Å². The quantitative estimate of drug-likeness (QED) is 0.717. The van der Waals surface area contributed by atoms with Gasteiger partial charge in [-0.05, 0) is 20.3 Å². The number of hydrogen-bond donors (Lipinski definition) is 0. The van der Waals surface area contributed by atoms with Crippen LogP contribution in [0.2, 0.25) is 0 Å². The van der Waals surface area contributed by atoms with Gasteiger partial charge in [0.2, 0.25) is 0 Å². The Hall–Kier alpha value is -1.12. The fourth-order valence-corrected chi connectivity index (χ4v) is 1.53. The summed E-state index contributed by atoms with van der Waals surface area (Å²) in [6, 6.07) is 0. The zero-order valence-corrected chi connectivity index (χ0v) is 9.79. The molecule has 0 fully saturated rings. The average molecular weight is 210 g/mol. The van der Waals surface area contributed by atoms with Crippen molar-refractivity contribution < 1.29 is 14.3 Å². The van der Waals surface area contributed by atoms with E-state index in [2.05, 4.69) is 0 Å². The van der Waals surface area contributed by atoms with Crippen molar-refractivity contribution in [3.05, 3.63) is 11.8 Å². The molecule has 0 aromatic rings. The van der Waals surface area contributed by atoms with Gasteiger partial charge in [0.25, 0.3) is 0 Å². The summed E-state index contributed by atoms with van der Waals surface area (Å²) in [6.07, 6.45) is 2.43. The van der Waals surface area contributed by atoms with E-state index in [0.717, 1.165) is 6.42 Å². The Morgan fingerprint density at radius 2 is 2.20 bits per heavy atom. The molecule has 0 aliphatic carbocycles. The van der Waals surface area contributed by atoms with Crippen LogP contribution in [0.4, 0.5) is 0 Å². The van der Waals surface area contributed by atoms with Crippen molar-refractivity contribution in [2.45, 2.75) is 46.1 Å². The van der Waals surface area contributed by atoms with Crippen LogP contribution in [0.3, 0.4) is 0 Å². The summed E-state index contributed by atoms with van der Waals surface area (Å²) in [5.41, 5.74) is -0.551. The molecule has 3 heteroatoms. The van der Waals surface area contributed by atoms with Crippen molar-refractivity contribution in [2.24, 2.45) is 5.92 Å². The molecule has 1 aliphatic heterocycles. The normalized spacial score (nSPS) is 21.6. The molecule has 0 N–H and O–H groups in total. The highest BCUT2D eigenvalue weighted by atomic mass is 16.5. The van der Waals surface area contributed by atoms with Crippen molar-refractivity contribution in [1.29, 1.82) is 0 Å². The minimum absolute atomic E-state index is 0.0297. The standard InChI is InChI=1S/C12H18O3/c1-5-8(2)11(14)10-6-9(13)7-12(3,4)15-10/h6,8H,5,7H2,1-4H3. The number of hydrogen-bond acceptors (Lipinski definition) is 3. The van der Waals surface area contributed by atoms with E-state index in [4.69, 9.17) is 4.74 Å². The zero-order valence-electron chi connectivity index (χ0n) is 9.79. The number of allylic oxidation sites excluding steroid dienone is 2. The van der Waals surface area contributed by atoms with Crippen LogP contribution in [0.1, 0.15) is 40.5 Å². The molecule has 0 bridgehead atoms. The summed E-state index contributed by atoms with van der Waals surface area (Å²) in [6.45, 7) is 7.43. The van der Waals surface area contributed by atoms with Gasteiger partial charge in [0.1, 0.15) is 5.60 Å². The van der Waals surface area contributed by atoms with Gasteiger partial charge < -0.3 is 4.74 Å². The van der Waals surface area contributed by atoms with Crippen molar-refractivity contribution in [3.63, 3.8) is 0 Å². The van der Waals surface area contributed by atoms with Gasteiger partial charge >= 0.3 is 0 Å². The van der Waals surface area contributed by atoms with Gasteiger partial charge in [-0.3, -0.25) is 9.59 Å². The smallest absolute Gasteiger partial charge is 0.200 e. The molecule has 0 saturated carbocycles. The molecule has 1 heterocycles. The Labute approximate surface area is 90.5 Å². The van der Waals surface area contributed by atoms with Gasteiger partial charge in [0, 0.05) is 18.4 Å². The third-order valence-electron chi connectivity index (χ3n) is 2.58. The Balaban J connectivity index is 2.87. The third kappa shape index (κ3) is 2.91. The molecule has 0 radical (unpaired) electrons. The van der Waals surface area contributed by atoms with Crippen LogP contribution < -0.4 is 0 Å². The topological polar surface area (TPSA) is 43.4 Å². The van der Waals surface area contributed by atoms with Gasteiger partial charge in [-0.15, -0.1) is 0 Å². The van der Waals surface area contributed by atoms with E-state index in [1.165, 1.54) is 6.08 Å². The van der Waals surface area contributed by atoms with Gasteiger partial charge in [0.15, 0.2) is 17.3 Å². The fourth-order valence-electron chi connectivity index (χ4n) is 1.53. The lowest BCUT2D eigenvalue weighted by Crippen LogP contribution is -2.34. The summed E-state index contributed by atoms with van der Waals surface area (Å²) >= 11 is 0. The maximum absolute atomic E-state index is 11.8. The van der Waals surface area contributed by atoms with Crippen LogP contribution >= 0.6 is 0 Å². The SMILES string of the molecule is CCC(C)C(=O)C1=CC(=O)CC(C)(C)O1. The van der Waals surface area contributed by atoms with E-state index in [-0.39, 0.29) is 23.2 Å². The second-order valence-electron chi connectivity index (χ2n) is 4.69. The lowest BCUT2D eigenvalue weighted by atomic mass is 9.94. The van der Waals surface area contributed by atoms with E-state index < -0.39 is 5.60 Å². The molecule has 3 nitrogen and oxygen atoms in total. The first-order valence-electron chi connectivity index (χ1n) is 5.33. The molecule has 0 amide bonds. The van der Waals surface area contributed by atoms with E-state index in [1.807, 2.05) is 27.7 Å². The van der Waals surface area contributed by atoms with Gasteiger partial charge in [-0.25, -0.2) is 0 Å². The second-order valence-corrected chi connectivity index (χ2v) is 4.69. The highest BCUT2D eigenvalue weighted by Crippen LogP contribution is 2.26. The first-order chi connectivity index (χ1) is 6.85. The Bertz CT molecular complexity index is 313. The van der Waals surface area contributed by atoms with Crippen molar-refractivity contribution >= 4 is 11.6 Å². The molecule has 0 saturated heterocycles. The Morgan fingerprint density at radius 3 is 2.67 bits per heavy atom. The maximum Gasteiger partial charge on any atom is 0.200 e. The number of carbonyl (C=O) groups excluding carboxylic acids is 2. The molecule has 84 valence electrons. The van der Waals surface area contributed by atoms with Crippen LogP contribution in [0.25, 0.3) is 0 Å². The Morgan fingerprint density at radius 1 is 1.60 bits per heavy atom. The van der Waals surface area contributed by atoms with Crippen LogP contribution in [-0.2, 0) is 14.3 Å². The van der Waals surface area contributed by atoms with Crippen molar-refractivity contribution in [2.75, 3.05) is 0 Å². The molecule has 1 atom stereocenters. The minimum atomic E-state index is -0.551. The molecule has 1 aliphatic rings. The number of rotatable bonds is 3. The molecule has 0 spiro atoms. The Kier molecular flexibility index (Phi) is 3.32. The molecular formula is C12H18O3. The second kappa shape index (κ2) is 4.17. The molecular weight excluding hydrogens is 192 g/mol. The number of ketones is 2. The van der Waals surface area contributed by atoms with Crippen LogP contribution in [0.15, 0.2) is 11.8 Å². The first kappa shape index (κ1) is 12.0. The number of ether oxygens (including phenoxy) is 1. The van der Waals surface area contributed by atoms with E-state index in [1.54, 1.807) is 0 Å². The molecule has 1 unspecified atom stereocenters. The number of Topliss-reactive ketones (excluding diaryl/α,β-unsaturated/α-hetero) is 1. The number of carbonyl (C=O) groups is 2. The lowest BCUT2D eigenvalue weighted by Gasteiger charge is -2.30. The van der Waals surface area contributed by atoms with Crippen molar-refractivity contribution in [1.82, 2.24) is 0 Å². The van der Waals surface area contributed by atoms with E-state index in [9.17, 15) is 9.59 Å². The summed E-state index contributed by atoms with van der Waals surface area (Å²) in [5.74, 6) is 0.0417. The largest absolute Gasteiger partial charge is 0.484 e. The molecule has 1 rings (SSSR count). The average Bonchev–Trinajstić information content (AvgIpc) is 2.12. The zero-order chi connectivity index (χ0) is 11.6. The van der Waals surface area contributed by atoms with Crippen LogP contribution in [0, 0.1) is 5.92 Å². The summed E-state index contributed by atoms with van der Waals surface area (Å²) in [4.78, 5) is 23.2. The van der Waals surface area contributed by atoms with Gasteiger partial charge in [-0.1, -0.05) is 13.8 Å². The minimum Gasteiger partial charge on any atom is -0.484 e. The molecule has 0 aromatic carbocycles. The third-order valence-corrected chi connectivity index (χ3v) is 2.58. The van der Waals surface area contributed by atoms with Crippen LogP contribution in [-0.4, -0.2) is 17.2 Å². The maximum atomic E-state index is 11.8.